The zero-order chi connectivity index (χ0) is 14.8. The maximum Gasteiger partial charge on any atom is 0.150 e. The minimum Gasteiger partial charge on any atom is -0.317 e. The summed E-state index contributed by atoms with van der Waals surface area (Å²) in [5, 5.41) is 3.38. The maximum absolute atomic E-state index is 11.5. The first-order valence-electron chi connectivity index (χ1n) is 7.52. The van der Waals surface area contributed by atoms with Crippen LogP contribution in [0.15, 0.2) is 30.3 Å². The molecule has 114 valence electrons. The van der Waals surface area contributed by atoms with Gasteiger partial charge in [0.25, 0.3) is 0 Å². The summed E-state index contributed by atoms with van der Waals surface area (Å²) in [4.78, 5) is 0. The van der Waals surface area contributed by atoms with E-state index in [2.05, 4.69) is 36.5 Å². The van der Waals surface area contributed by atoms with E-state index in [1.807, 2.05) is 6.07 Å². The summed E-state index contributed by atoms with van der Waals surface area (Å²) in [5.41, 5.74) is 1.33. The Morgan fingerprint density at radius 2 is 1.85 bits per heavy atom. The topological polar surface area (TPSA) is 46.2 Å². The molecule has 0 aliphatic heterocycles. The fourth-order valence-electron chi connectivity index (χ4n) is 2.31. The van der Waals surface area contributed by atoms with Crippen LogP contribution in [0, 0.1) is 5.92 Å². The highest BCUT2D eigenvalue weighted by atomic mass is 32.2. The van der Waals surface area contributed by atoms with Gasteiger partial charge in [-0.3, -0.25) is 0 Å². The second-order valence-corrected chi connectivity index (χ2v) is 7.71. The quantitative estimate of drug-likeness (QED) is 0.722. The lowest BCUT2D eigenvalue weighted by molar-refractivity contribution is 0.444. The Labute approximate surface area is 123 Å². The zero-order valence-electron chi connectivity index (χ0n) is 12.6. The molecule has 0 bridgehead atoms. The predicted octanol–water partition coefficient (Wildman–Crippen LogP) is 2.67. The lowest BCUT2D eigenvalue weighted by Gasteiger charge is -2.17. The van der Waals surface area contributed by atoms with Crippen molar-refractivity contribution in [3.8, 4) is 0 Å². The highest BCUT2D eigenvalue weighted by molar-refractivity contribution is 7.91. The Morgan fingerprint density at radius 3 is 2.45 bits per heavy atom. The molecule has 4 heteroatoms. The van der Waals surface area contributed by atoms with Crippen LogP contribution in [0.3, 0.4) is 0 Å². The van der Waals surface area contributed by atoms with Crippen LogP contribution in [-0.4, -0.2) is 33.0 Å². The minimum atomic E-state index is -2.83. The molecule has 0 heterocycles. The lowest BCUT2D eigenvalue weighted by atomic mass is 9.95. The van der Waals surface area contributed by atoms with Gasteiger partial charge in [-0.2, -0.15) is 0 Å². The number of hydrogen-bond donors (Lipinski definition) is 1. The average molecular weight is 297 g/mol. The summed E-state index contributed by atoms with van der Waals surface area (Å²) in [6, 6.07) is 10.4. The van der Waals surface area contributed by atoms with Crippen molar-refractivity contribution in [1.82, 2.24) is 5.32 Å². The zero-order valence-corrected chi connectivity index (χ0v) is 13.5. The van der Waals surface area contributed by atoms with Crippen molar-refractivity contribution in [2.24, 2.45) is 5.92 Å². The first kappa shape index (κ1) is 17.2. The van der Waals surface area contributed by atoms with Crippen molar-refractivity contribution in [1.29, 1.82) is 0 Å². The van der Waals surface area contributed by atoms with Crippen molar-refractivity contribution >= 4 is 9.84 Å². The van der Waals surface area contributed by atoms with Crippen molar-refractivity contribution < 1.29 is 8.42 Å². The standard InChI is InChI=1S/C16H27NO2S/c1-3-17-14-16(11-8-12-20(18,19)4-2)13-15-9-6-5-7-10-15/h5-7,9-10,16-17H,3-4,8,11-14H2,1-2H3. The number of benzene rings is 1. The monoisotopic (exact) mass is 297 g/mol. The molecule has 1 atom stereocenters. The van der Waals surface area contributed by atoms with Gasteiger partial charge in [0.05, 0.1) is 5.75 Å². The third-order valence-electron chi connectivity index (χ3n) is 3.56. The summed E-state index contributed by atoms with van der Waals surface area (Å²) in [7, 11) is -2.83. The molecule has 1 aromatic carbocycles. The largest absolute Gasteiger partial charge is 0.317 e. The van der Waals surface area contributed by atoms with Gasteiger partial charge in [-0.05, 0) is 43.8 Å². The predicted molar refractivity (Wildman–Crippen MR) is 85.7 cm³/mol. The fraction of sp³-hybridized carbons (Fsp3) is 0.625. The van der Waals surface area contributed by atoms with Gasteiger partial charge in [0.15, 0.2) is 0 Å². The van der Waals surface area contributed by atoms with Crippen LogP contribution in [0.4, 0.5) is 0 Å². The van der Waals surface area contributed by atoms with Crippen LogP contribution in [0.5, 0.6) is 0 Å². The van der Waals surface area contributed by atoms with Gasteiger partial charge in [0.2, 0.25) is 0 Å². The van der Waals surface area contributed by atoms with Crippen LogP contribution in [0.25, 0.3) is 0 Å². The van der Waals surface area contributed by atoms with E-state index >= 15 is 0 Å². The minimum absolute atomic E-state index is 0.254. The average Bonchev–Trinajstić information content (AvgIpc) is 2.45. The van der Waals surface area contributed by atoms with Gasteiger partial charge >= 0.3 is 0 Å². The molecule has 0 aliphatic rings. The molecule has 0 saturated heterocycles. The molecule has 3 nitrogen and oxygen atoms in total. The van der Waals surface area contributed by atoms with Crippen molar-refractivity contribution in [3.63, 3.8) is 0 Å². The molecule has 0 spiro atoms. The Kier molecular flexibility index (Phi) is 7.85. The number of sulfone groups is 1. The molecule has 0 fully saturated rings. The number of rotatable bonds is 10. The van der Waals surface area contributed by atoms with Crippen molar-refractivity contribution in [3.05, 3.63) is 35.9 Å². The van der Waals surface area contributed by atoms with Crippen LogP contribution >= 0.6 is 0 Å². The summed E-state index contributed by atoms with van der Waals surface area (Å²) in [5.74, 6) is 1.08. The Bertz CT molecular complexity index is 457. The Hall–Kier alpha value is -0.870. The molecule has 1 N–H and O–H groups in total. The van der Waals surface area contributed by atoms with E-state index in [4.69, 9.17) is 0 Å². The molecule has 1 rings (SSSR count). The molecular formula is C16H27NO2S. The summed E-state index contributed by atoms with van der Waals surface area (Å²) in [6.07, 6.45) is 2.74. The van der Waals surface area contributed by atoms with Crippen molar-refractivity contribution in [2.75, 3.05) is 24.6 Å². The van der Waals surface area contributed by atoms with E-state index < -0.39 is 9.84 Å². The molecule has 0 aromatic heterocycles. The molecule has 0 saturated carbocycles. The Balaban J connectivity index is 2.47. The van der Waals surface area contributed by atoms with Crippen LogP contribution in [-0.2, 0) is 16.3 Å². The van der Waals surface area contributed by atoms with E-state index in [0.717, 1.165) is 32.4 Å². The molecule has 20 heavy (non-hydrogen) atoms. The van der Waals surface area contributed by atoms with Crippen molar-refractivity contribution in [2.45, 2.75) is 33.1 Å². The van der Waals surface area contributed by atoms with Crippen LogP contribution in [0.1, 0.15) is 32.3 Å². The first-order valence-corrected chi connectivity index (χ1v) is 9.34. The van der Waals surface area contributed by atoms with E-state index in [1.165, 1.54) is 5.56 Å². The third kappa shape index (κ3) is 7.06. The van der Waals surface area contributed by atoms with Gasteiger partial charge < -0.3 is 5.32 Å². The number of nitrogens with one attached hydrogen (secondary N) is 1. The first-order chi connectivity index (χ1) is 9.57. The van der Waals surface area contributed by atoms with Gasteiger partial charge in [0, 0.05) is 5.75 Å². The molecule has 0 amide bonds. The van der Waals surface area contributed by atoms with Gasteiger partial charge in [-0.1, -0.05) is 44.2 Å². The normalized spacial score (nSPS) is 13.3. The smallest absolute Gasteiger partial charge is 0.150 e. The maximum atomic E-state index is 11.5. The highest BCUT2D eigenvalue weighted by Crippen LogP contribution is 2.14. The molecule has 0 aliphatic carbocycles. The van der Waals surface area contributed by atoms with E-state index in [1.54, 1.807) is 6.92 Å². The fourth-order valence-corrected chi connectivity index (χ4v) is 3.20. The summed E-state index contributed by atoms with van der Waals surface area (Å²) in [6.45, 7) is 5.73. The van der Waals surface area contributed by atoms with E-state index in [0.29, 0.717) is 11.7 Å². The summed E-state index contributed by atoms with van der Waals surface area (Å²) >= 11 is 0. The SMILES string of the molecule is CCNCC(CCCS(=O)(=O)CC)Cc1ccccc1. The highest BCUT2D eigenvalue weighted by Gasteiger charge is 2.12. The molecular weight excluding hydrogens is 270 g/mol. The molecule has 0 radical (unpaired) electrons. The second-order valence-electron chi connectivity index (χ2n) is 5.24. The molecule has 1 aromatic rings. The third-order valence-corrected chi connectivity index (χ3v) is 5.35. The molecule has 1 unspecified atom stereocenters. The lowest BCUT2D eigenvalue weighted by Crippen LogP contribution is -2.24. The van der Waals surface area contributed by atoms with E-state index in [9.17, 15) is 8.42 Å². The Morgan fingerprint density at radius 1 is 1.15 bits per heavy atom. The summed E-state index contributed by atoms with van der Waals surface area (Å²) < 4.78 is 23.1. The van der Waals surface area contributed by atoms with Crippen LogP contribution in [0.2, 0.25) is 0 Å². The number of hydrogen-bond acceptors (Lipinski definition) is 3. The van der Waals surface area contributed by atoms with Gasteiger partial charge in [0.1, 0.15) is 9.84 Å². The van der Waals surface area contributed by atoms with Gasteiger partial charge in [-0.25, -0.2) is 8.42 Å². The van der Waals surface area contributed by atoms with Crippen LogP contribution < -0.4 is 5.32 Å². The second kappa shape index (κ2) is 9.14. The van der Waals surface area contributed by atoms with E-state index in [-0.39, 0.29) is 5.75 Å². The van der Waals surface area contributed by atoms with Gasteiger partial charge in [-0.15, -0.1) is 0 Å².